The van der Waals surface area contributed by atoms with Crippen LogP contribution in [0.5, 0.6) is 11.5 Å². The van der Waals surface area contributed by atoms with E-state index in [1.54, 1.807) is 18.3 Å². The highest BCUT2D eigenvalue weighted by Crippen LogP contribution is 2.35. The molecule has 0 aliphatic carbocycles. The number of aliphatic imine (C=N–C) groups is 1. The van der Waals surface area contributed by atoms with Gasteiger partial charge in [-0.1, -0.05) is 28.1 Å². The van der Waals surface area contributed by atoms with Crippen molar-refractivity contribution in [2.24, 2.45) is 4.99 Å². The Morgan fingerprint density at radius 1 is 1.17 bits per heavy atom. The highest BCUT2D eigenvalue weighted by atomic mass is 79.9. The van der Waals surface area contributed by atoms with Gasteiger partial charge in [0.2, 0.25) is 5.89 Å². The Labute approximate surface area is 183 Å². The van der Waals surface area contributed by atoms with Gasteiger partial charge in [0.25, 0.3) is 0 Å². The number of fused-ring (bicyclic) bond motifs is 1. The molecule has 4 aromatic rings. The van der Waals surface area contributed by atoms with Crippen LogP contribution >= 0.6 is 15.9 Å². The van der Waals surface area contributed by atoms with Crippen molar-refractivity contribution in [3.8, 4) is 23.0 Å². The summed E-state index contributed by atoms with van der Waals surface area (Å²) in [6.45, 7) is 6.34. The van der Waals surface area contributed by atoms with E-state index < -0.39 is 0 Å². The Bertz CT molecular complexity index is 1260. The number of ether oxygens (including phenoxy) is 1. The molecule has 5 nitrogen and oxygen atoms in total. The molecule has 4 rings (SSSR count). The van der Waals surface area contributed by atoms with Crippen molar-refractivity contribution < 1.29 is 14.3 Å². The molecule has 0 unspecified atom stereocenters. The Kier molecular flexibility index (Phi) is 5.59. The predicted octanol–water partition coefficient (Wildman–Crippen LogP) is 6.73. The highest BCUT2D eigenvalue weighted by Gasteiger charge is 2.13. The minimum atomic E-state index is 0.0620. The summed E-state index contributed by atoms with van der Waals surface area (Å²) in [5.41, 5.74) is 5.87. The van der Waals surface area contributed by atoms with Gasteiger partial charge in [0.1, 0.15) is 5.52 Å². The molecule has 1 aromatic heterocycles. The average Bonchev–Trinajstić information content (AvgIpc) is 3.13. The number of oxazole rings is 1. The summed E-state index contributed by atoms with van der Waals surface area (Å²) in [5, 5.41) is 10.5. The summed E-state index contributed by atoms with van der Waals surface area (Å²) in [6, 6.07) is 15.3. The lowest BCUT2D eigenvalue weighted by Gasteiger charge is -2.09. The zero-order valence-electron chi connectivity index (χ0n) is 16.9. The van der Waals surface area contributed by atoms with Gasteiger partial charge in [-0.3, -0.25) is 4.99 Å². The molecule has 30 heavy (non-hydrogen) atoms. The molecule has 0 aliphatic heterocycles. The Balaban J connectivity index is 1.71. The number of benzene rings is 3. The van der Waals surface area contributed by atoms with Crippen LogP contribution in [0.1, 0.15) is 23.6 Å². The maximum atomic E-state index is 10.5. The van der Waals surface area contributed by atoms with Crippen LogP contribution in [0.3, 0.4) is 0 Å². The lowest BCUT2D eigenvalue weighted by molar-refractivity contribution is 0.317. The number of aromatic nitrogens is 1. The Hall–Kier alpha value is -3.12. The molecule has 0 atom stereocenters. The van der Waals surface area contributed by atoms with E-state index in [-0.39, 0.29) is 5.75 Å². The Morgan fingerprint density at radius 2 is 2.00 bits per heavy atom. The van der Waals surface area contributed by atoms with Crippen molar-refractivity contribution in [2.45, 2.75) is 20.8 Å². The number of aryl methyl sites for hydroxylation is 1. The van der Waals surface area contributed by atoms with Crippen LogP contribution in [0.2, 0.25) is 0 Å². The van der Waals surface area contributed by atoms with E-state index in [0.717, 1.165) is 38.0 Å². The lowest BCUT2D eigenvalue weighted by Crippen LogP contribution is -1.94. The summed E-state index contributed by atoms with van der Waals surface area (Å²) < 4.78 is 12.3. The highest BCUT2D eigenvalue weighted by molar-refractivity contribution is 9.10. The van der Waals surface area contributed by atoms with Crippen LogP contribution in [-0.2, 0) is 0 Å². The normalized spacial score (nSPS) is 11.5. The van der Waals surface area contributed by atoms with E-state index in [9.17, 15) is 5.11 Å². The number of halogens is 1. The molecule has 152 valence electrons. The predicted molar refractivity (Wildman–Crippen MR) is 123 cm³/mol. The van der Waals surface area contributed by atoms with Gasteiger partial charge in [-0.2, -0.15) is 0 Å². The molecule has 1 N–H and O–H groups in total. The number of hydrogen-bond donors (Lipinski definition) is 1. The molecule has 3 aromatic carbocycles. The number of aromatic hydroxyl groups is 1. The molecule has 0 fully saturated rings. The average molecular weight is 465 g/mol. The molecule has 0 saturated heterocycles. The van der Waals surface area contributed by atoms with E-state index in [0.29, 0.717) is 23.8 Å². The smallest absolute Gasteiger partial charge is 0.227 e. The molecule has 0 saturated carbocycles. The van der Waals surface area contributed by atoms with Crippen molar-refractivity contribution in [3.63, 3.8) is 0 Å². The van der Waals surface area contributed by atoms with Crippen molar-refractivity contribution in [3.05, 3.63) is 69.7 Å². The Morgan fingerprint density at radius 3 is 2.80 bits per heavy atom. The van der Waals surface area contributed by atoms with Gasteiger partial charge in [-0.25, -0.2) is 4.98 Å². The number of rotatable bonds is 5. The zero-order chi connectivity index (χ0) is 21.3. The number of nitrogens with zero attached hydrogens (tertiary/aromatic N) is 2. The van der Waals surface area contributed by atoms with Crippen LogP contribution < -0.4 is 4.74 Å². The maximum Gasteiger partial charge on any atom is 0.227 e. The summed E-state index contributed by atoms with van der Waals surface area (Å²) >= 11 is 3.45. The first-order valence-electron chi connectivity index (χ1n) is 9.63. The number of hydrogen-bond acceptors (Lipinski definition) is 5. The third-order valence-corrected chi connectivity index (χ3v) is 5.25. The molecule has 1 heterocycles. The van der Waals surface area contributed by atoms with Gasteiger partial charge in [0, 0.05) is 21.8 Å². The maximum absolute atomic E-state index is 10.5. The van der Waals surface area contributed by atoms with E-state index >= 15 is 0 Å². The van der Waals surface area contributed by atoms with Crippen LogP contribution in [0.25, 0.3) is 22.6 Å². The first kappa shape index (κ1) is 20.2. The molecule has 0 spiro atoms. The molecule has 0 bridgehead atoms. The van der Waals surface area contributed by atoms with Gasteiger partial charge in [-0.05, 0) is 68.3 Å². The monoisotopic (exact) mass is 464 g/mol. The third kappa shape index (κ3) is 3.96. The van der Waals surface area contributed by atoms with Crippen LogP contribution in [-0.4, -0.2) is 22.9 Å². The first-order valence-corrected chi connectivity index (χ1v) is 10.4. The summed E-state index contributed by atoms with van der Waals surface area (Å²) in [5.74, 6) is 1.04. The van der Waals surface area contributed by atoms with Gasteiger partial charge in [-0.15, -0.1) is 0 Å². The van der Waals surface area contributed by atoms with Gasteiger partial charge in [0.15, 0.2) is 17.1 Å². The molecule has 0 amide bonds. The van der Waals surface area contributed by atoms with Gasteiger partial charge < -0.3 is 14.3 Å². The minimum Gasteiger partial charge on any atom is -0.504 e. The van der Waals surface area contributed by atoms with Crippen molar-refractivity contribution in [2.75, 3.05) is 6.61 Å². The fraction of sp³-hybridized carbons (Fsp3) is 0.167. The van der Waals surface area contributed by atoms with Crippen LogP contribution in [0.15, 0.2) is 62.4 Å². The number of phenols is 1. The SMILES string of the molecule is CCOc1cc(Br)cc(C=Nc2cccc(-c3nc4ccc(C)cc4o3)c2C)c1O. The second-order valence-corrected chi connectivity index (χ2v) is 7.89. The van der Waals surface area contributed by atoms with E-state index in [1.807, 2.05) is 57.2 Å². The van der Waals surface area contributed by atoms with Crippen LogP contribution in [0.4, 0.5) is 5.69 Å². The topological polar surface area (TPSA) is 67.9 Å². The molecule has 6 heteroatoms. The van der Waals surface area contributed by atoms with Crippen molar-refractivity contribution in [1.82, 2.24) is 4.98 Å². The summed E-state index contributed by atoms with van der Waals surface area (Å²) in [4.78, 5) is 9.22. The second kappa shape index (κ2) is 8.32. The largest absolute Gasteiger partial charge is 0.504 e. The third-order valence-electron chi connectivity index (χ3n) is 4.79. The molecule has 0 radical (unpaired) electrons. The lowest BCUT2D eigenvalue weighted by atomic mass is 10.1. The van der Waals surface area contributed by atoms with Crippen molar-refractivity contribution >= 4 is 38.9 Å². The van der Waals surface area contributed by atoms with Gasteiger partial charge in [0.05, 0.1) is 12.3 Å². The number of phenolic OH excluding ortho intramolecular Hbond substituents is 1. The fourth-order valence-electron chi connectivity index (χ4n) is 3.24. The van der Waals surface area contributed by atoms with Crippen molar-refractivity contribution in [1.29, 1.82) is 0 Å². The second-order valence-electron chi connectivity index (χ2n) is 6.97. The minimum absolute atomic E-state index is 0.0620. The standard InChI is InChI=1S/C24H21BrN2O3/c1-4-29-22-12-17(25)11-16(23(22)28)13-26-19-7-5-6-18(15(19)3)24-27-20-9-8-14(2)10-21(20)30-24/h5-13,28H,4H2,1-3H3. The van der Waals surface area contributed by atoms with E-state index in [4.69, 9.17) is 9.15 Å². The van der Waals surface area contributed by atoms with Gasteiger partial charge >= 0.3 is 0 Å². The first-order chi connectivity index (χ1) is 14.5. The van der Waals surface area contributed by atoms with Crippen LogP contribution in [0, 0.1) is 13.8 Å². The fourth-order valence-corrected chi connectivity index (χ4v) is 3.69. The quantitative estimate of drug-likeness (QED) is 0.332. The molecule has 0 aliphatic rings. The zero-order valence-corrected chi connectivity index (χ0v) is 18.5. The molecular weight excluding hydrogens is 444 g/mol. The molecular formula is C24H21BrN2O3. The summed E-state index contributed by atoms with van der Waals surface area (Å²) in [7, 11) is 0. The van der Waals surface area contributed by atoms with E-state index in [1.165, 1.54) is 0 Å². The summed E-state index contributed by atoms with van der Waals surface area (Å²) in [6.07, 6.45) is 1.63. The van der Waals surface area contributed by atoms with E-state index in [2.05, 4.69) is 25.9 Å².